The summed E-state index contributed by atoms with van der Waals surface area (Å²) in [5.41, 5.74) is 1.58. The zero-order valence-corrected chi connectivity index (χ0v) is 12.0. The van der Waals surface area contributed by atoms with Crippen LogP contribution in [0.5, 0.6) is 0 Å². The molecule has 1 aromatic heterocycles. The third kappa shape index (κ3) is 3.28. The second-order valence-corrected chi connectivity index (χ2v) is 4.71. The first-order chi connectivity index (χ1) is 10.0. The maximum absolute atomic E-state index is 12.3. The molecule has 1 heterocycles. The minimum Gasteiger partial charge on any atom is -0.478 e. The van der Waals surface area contributed by atoms with Gasteiger partial charge in [0.1, 0.15) is 0 Å². The van der Waals surface area contributed by atoms with Crippen LogP contribution in [0.15, 0.2) is 36.8 Å². The van der Waals surface area contributed by atoms with E-state index >= 15 is 0 Å². The molecule has 0 aliphatic rings. The molecule has 21 heavy (non-hydrogen) atoms. The van der Waals surface area contributed by atoms with Gasteiger partial charge in [-0.3, -0.25) is 4.79 Å². The number of aryl methyl sites for hydroxylation is 1. The Morgan fingerprint density at radius 2 is 1.86 bits per heavy atom. The number of rotatable bonds is 5. The molecule has 110 valence electrons. The fourth-order valence-electron chi connectivity index (χ4n) is 2.06. The minimum absolute atomic E-state index is 0.157. The number of carboxylic acid groups (broad SMARTS) is 1. The molecule has 0 aliphatic heterocycles. The van der Waals surface area contributed by atoms with Crippen molar-refractivity contribution in [3.8, 4) is 0 Å². The zero-order valence-electron chi connectivity index (χ0n) is 12.0. The molecule has 0 radical (unpaired) electrons. The van der Waals surface area contributed by atoms with Gasteiger partial charge in [0, 0.05) is 25.4 Å². The summed E-state index contributed by atoms with van der Waals surface area (Å²) < 4.78 is 1.97. The van der Waals surface area contributed by atoms with Crippen LogP contribution in [-0.4, -0.2) is 38.5 Å². The molecular formula is C15H17N3O3. The summed E-state index contributed by atoms with van der Waals surface area (Å²) in [6.45, 7) is 3.26. The first-order valence-electron chi connectivity index (χ1n) is 6.60. The first-order valence-corrected chi connectivity index (χ1v) is 6.60. The Balaban J connectivity index is 2.10. The van der Waals surface area contributed by atoms with Gasteiger partial charge in [0.2, 0.25) is 0 Å². The summed E-state index contributed by atoms with van der Waals surface area (Å²) in [4.78, 5) is 28.7. The Morgan fingerprint density at radius 3 is 2.43 bits per heavy atom. The molecule has 0 aliphatic carbocycles. The van der Waals surface area contributed by atoms with Gasteiger partial charge in [0.05, 0.1) is 24.1 Å². The van der Waals surface area contributed by atoms with Crippen molar-refractivity contribution >= 4 is 11.9 Å². The average Bonchev–Trinajstić information content (AvgIpc) is 2.93. The summed E-state index contributed by atoms with van der Waals surface area (Å²) in [5, 5.41) is 8.85. The van der Waals surface area contributed by atoms with Crippen molar-refractivity contribution in [1.29, 1.82) is 0 Å². The van der Waals surface area contributed by atoms with E-state index in [0.717, 1.165) is 12.2 Å². The van der Waals surface area contributed by atoms with E-state index in [9.17, 15) is 9.59 Å². The van der Waals surface area contributed by atoms with Gasteiger partial charge in [0.25, 0.3) is 5.91 Å². The molecule has 0 saturated heterocycles. The van der Waals surface area contributed by atoms with E-state index in [1.165, 1.54) is 24.3 Å². The topological polar surface area (TPSA) is 75.4 Å². The van der Waals surface area contributed by atoms with E-state index < -0.39 is 5.97 Å². The van der Waals surface area contributed by atoms with Crippen molar-refractivity contribution in [1.82, 2.24) is 14.5 Å². The molecular weight excluding hydrogens is 270 g/mol. The lowest BCUT2D eigenvalue weighted by Crippen LogP contribution is -2.27. The summed E-state index contributed by atoms with van der Waals surface area (Å²) in [6, 6.07) is 5.91. The molecule has 0 atom stereocenters. The summed E-state index contributed by atoms with van der Waals surface area (Å²) >= 11 is 0. The van der Waals surface area contributed by atoms with Gasteiger partial charge < -0.3 is 14.6 Å². The lowest BCUT2D eigenvalue weighted by molar-refractivity contribution is 0.0695. The fraction of sp³-hybridized carbons (Fsp3) is 0.267. The molecule has 1 N–H and O–H groups in total. The van der Waals surface area contributed by atoms with E-state index in [4.69, 9.17) is 5.11 Å². The Morgan fingerprint density at radius 1 is 1.24 bits per heavy atom. The third-order valence-electron chi connectivity index (χ3n) is 3.26. The SMILES string of the molecule is CCn1cncc1CN(C)C(=O)c1ccc(C(=O)O)cc1. The van der Waals surface area contributed by atoms with Gasteiger partial charge in [-0.1, -0.05) is 0 Å². The van der Waals surface area contributed by atoms with Crippen LogP contribution in [-0.2, 0) is 13.1 Å². The standard InChI is InChI=1S/C15H17N3O3/c1-3-18-10-16-8-13(18)9-17(2)14(19)11-4-6-12(7-5-11)15(20)21/h4-8,10H,3,9H2,1-2H3,(H,20,21). The molecule has 6 nitrogen and oxygen atoms in total. The highest BCUT2D eigenvalue weighted by Crippen LogP contribution is 2.10. The molecule has 6 heteroatoms. The van der Waals surface area contributed by atoms with Crippen molar-refractivity contribution in [2.24, 2.45) is 0 Å². The van der Waals surface area contributed by atoms with Crippen LogP contribution in [0.1, 0.15) is 33.3 Å². The molecule has 0 spiro atoms. The van der Waals surface area contributed by atoms with Gasteiger partial charge in [0.15, 0.2) is 0 Å². The largest absolute Gasteiger partial charge is 0.478 e. The quantitative estimate of drug-likeness (QED) is 0.911. The molecule has 1 amide bonds. The summed E-state index contributed by atoms with van der Waals surface area (Å²) in [5.74, 6) is -1.16. The number of nitrogens with zero attached hydrogens (tertiary/aromatic N) is 3. The maximum atomic E-state index is 12.3. The number of imidazole rings is 1. The number of hydrogen-bond donors (Lipinski definition) is 1. The number of benzene rings is 1. The third-order valence-corrected chi connectivity index (χ3v) is 3.26. The lowest BCUT2D eigenvalue weighted by atomic mass is 10.1. The van der Waals surface area contributed by atoms with Gasteiger partial charge in [-0.2, -0.15) is 0 Å². The normalized spacial score (nSPS) is 10.4. The molecule has 0 unspecified atom stereocenters. The second kappa shape index (κ2) is 6.21. The number of hydrogen-bond acceptors (Lipinski definition) is 3. The van der Waals surface area contributed by atoms with Gasteiger partial charge in [-0.15, -0.1) is 0 Å². The van der Waals surface area contributed by atoms with Crippen LogP contribution in [0.25, 0.3) is 0 Å². The van der Waals surface area contributed by atoms with Crippen LogP contribution >= 0.6 is 0 Å². The van der Waals surface area contributed by atoms with Crippen LogP contribution in [0.4, 0.5) is 0 Å². The fourth-order valence-corrected chi connectivity index (χ4v) is 2.06. The highest BCUT2D eigenvalue weighted by atomic mass is 16.4. The predicted octanol–water partition coefficient (Wildman–Crippen LogP) is 1.87. The number of carbonyl (C=O) groups is 2. The zero-order chi connectivity index (χ0) is 15.4. The predicted molar refractivity (Wildman–Crippen MR) is 77.1 cm³/mol. The van der Waals surface area contributed by atoms with E-state index in [-0.39, 0.29) is 11.5 Å². The van der Waals surface area contributed by atoms with Crippen molar-refractivity contribution in [2.45, 2.75) is 20.0 Å². The number of amides is 1. The highest BCUT2D eigenvalue weighted by molar-refractivity contribution is 5.95. The molecule has 2 rings (SSSR count). The van der Waals surface area contributed by atoms with Crippen molar-refractivity contribution < 1.29 is 14.7 Å². The van der Waals surface area contributed by atoms with Crippen LogP contribution in [0, 0.1) is 0 Å². The Hall–Kier alpha value is -2.63. The highest BCUT2D eigenvalue weighted by Gasteiger charge is 2.14. The van der Waals surface area contributed by atoms with E-state index in [1.807, 2.05) is 11.5 Å². The van der Waals surface area contributed by atoms with E-state index in [0.29, 0.717) is 12.1 Å². The van der Waals surface area contributed by atoms with Crippen LogP contribution in [0.2, 0.25) is 0 Å². The minimum atomic E-state index is -1.01. The van der Waals surface area contributed by atoms with Gasteiger partial charge in [-0.05, 0) is 31.2 Å². The number of carboxylic acids is 1. The van der Waals surface area contributed by atoms with Gasteiger partial charge >= 0.3 is 5.97 Å². The van der Waals surface area contributed by atoms with Gasteiger partial charge in [-0.25, -0.2) is 9.78 Å². The Kier molecular flexibility index (Phi) is 4.37. The Labute approximate surface area is 122 Å². The first kappa shape index (κ1) is 14.8. The molecule has 2 aromatic rings. The van der Waals surface area contributed by atoms with Crippen molar-refractivity contribution in [3.05, 3.63) is 53.6 Å². The average molecular weight is 287 g/mol. The molecule has 0 saturated carbocycles. The summed E-state index contributed by atoms with van der Waals surface area (Å²) in [6.07, 6.45) is 3.47. The van der Waals surface area contributed by atoms with E-state index in [1.54, 1.807) is 24.5 Å². The lowest BCUT2D eigenvalue weighted by Gasteiger charge is -2.18. The van der Waals surface area contributed by atoms with Crippen LogP contribution < -0.4 is 0 Å². The van der Waals surface area contributed by atoms with Crippen molar-refractivity contribution in [2.75, 3.05) is 7.05 Å². The van der Waals surface area contributed by atoms with Crippen LogP contribution in [0.3, 0.4) is 0 Å². The number of aromatic carboxylic acids is 1. The molecule has 0 fully saturated rings. The molecule has 0 bridgehead atoms. The second-order valence-electron chi connectivity index (χ2n) is 4.71. The smallest absolute Gasteiger partial charge is 0.335 e. The Bertz CT molecular complexity index is 646. The van der Waals surface area contributed by atoms with Crippen molar-refractivity contribution in [3.63, 3.8) is 0 Å². The summed E-state index contributed by atoms with van der Waals surface area (Å²) in [7, 11) is 1.71. The maximum Gasteiger partial charge on any atom is 0.335 e. The monoisotopic (exact) mass is 287 g/mol. The van der Waals surface area contributed by atoms with E-state index in [2.05, 4.69) is 4.98 Å². The number of aromatic nitrogens is 2. The molecule has 1 aromatic carbocycles. The number of carbonyl (C=O) groups excluding carboxylic acids is 1.